The predicted molar refractivity (Wildman–Crippen MR) is 78.8 cm³/mol. The number of carboxylic acid groups (broad SMARTS) is 1. The molecule has 1 aromatic rings. The Balaban J connectivity index is 2.38. The largest absolute Gasteiger partial charge is 0.477 e. The van der Waals surface area contributed by atoms with Gasteiger partial charge in [0.25, 0.3) is 0 Å². The second kappa shape index (κ2) is 5.81. The number of carboxylic acids is 1. The topological polar surface area (TPSA) is 79.6 Å². The van der Waals surface area contributed by atoms with Gasteiger partial charge >= 0.3 is 5.97 Å². The molecule has 0 saturated carbocycles. The summed E-state index contributed by atoms with van der Waals surface area (Å²) in [5, 5.41) is 9.14. The number of aromatic nitrogens is 1. The molecule has 2 rings (SSSR count). The third-order valence-electron chi connectivity index (χ3n) is 4.12. The average Bonchev–Trinajstić information content (AvgIpc) is 2.83. The molecule has 1 N–H and O–H groups in total. The number of aryl methyl sites for hydroxylation is 1. The molecule has 0 radical (unpaired) electrons. The Bertz CT molecular complexity index is 635. The Morgan fingerprint density at radius 3 is 2.57 bits per heavy atom. The van der Waals surface area contributed by atoms with Crippen molar-refractivity contribution in [3.63, 3.8) is 0 Å². The van der Waals surface area contributed by atoms with Crippen LogP contribution in [0.25, 0.3) is 0 Å². The molecule has 21 heavy (non-hydrogen) atoms. The molecule has 118 valence electrons. The smallest absolute Gasteiger partial charge is 0.352 e. The second-order valence-corrected chi connectivity index (χ2v) is 7.64. The summed E-state index contributed by atoms with van der Waals surface area (Å²) in [5.41, 5.74) is 0.00843. The van der Waals surface area contributed by atoms with Crippen molar-refractivity contribution in [2.24, 2.45) is 5.92 Å². The maximum absolute atomic E-state index is 12.7. The fraction of sp³-hybridized carbons (Fsp3) is 0.643. The van der Waals surface area contributed by atoms with Gasteiger partial charge in [0.1, 0.15) is 10.6 Å². The van der Waals surface area contributed by atoms with Gasteiger partial charge in [-0.25, -0.2) is 13.2 Å². The number of carbonyl (C=O) groups is 1. The standard InChI is InChI=1S/C14H22N2O4S/c1-4-15-9-12(8-13(15)14(17)18)21(19,20)16-6-5-10(2)7-11(16)3/h8-11H,4-7H2,1-3H3,(H,17,18). The molecule has 6 nitrogen and oxygen atoms in total. The van der Waals surface area contributed by atoms with Gasteiger partial charge in [0, 0.05) is 25.3 Å². The number of rotatable bonds is 4. The van der Waals surface area contributed by atoms with Crippen molar-refractivity contribution in [2.45, 2.75) is 51.1 Å². The van der Waals surface area contributed by atoms with E-state index in [0.717, 1.165) is 12.8 Å². The van der Waals surface area contributed by atoms with E-state index in [4.69, 9.17) is 5.11 Å². The van der Waals surface area contributed by atoms with Crippen LogP contribution in [-0.2, 0) is 16.6 Å². The van der Waals surface area contributed by atoms with Crippen LogP contribution in [-0.4, -0.2) is 41.0 Å². The summed E-state index contributed by atoms with van der Waals surface area (Å²) in [6, 6.07) is 1.20. The molecule has 1 aromatic heterocycles. The highest BCUT2D eigenvalue weighted by molar-refractivity contribution is 7.89. The molecule has 0 aliphatic carbocycles. The van der Waals surface area contributed by atoms with Crippen LogP contribution in [0.5, 0.6) is 0 Å². The highest BCUT2D eigenvalue weighted by Gasteiger charge is 2.34. The lowest BCUT2D eigenvalue weighted by Crippen LogP contribution is -2.43. The van der Waals surface area contributed by atoms with Crippen LogP contribution in [0.2, 0.25) is 0 Å². The molecule has 2 atom stereocenters. The molecule has 7 heteroatoms. The molecule has 1 saturated heterocycles. The Morgan fingerprint density at radius 1 is 1.43 bits per heavy atom. The fourth-order valence-corrected chi connectivity index (χ4v) is 4.64. The molecular weight excluding hydrogens is 292 g/mol. The zero-order chi connectivity index (χ0) is 15.8. The van der Waals surface area contributed by atoms with Crippen molar-refractivity contribution in [3.05, 3.63) is 18.0 Å². The summed E-state index contributed by atoms with van der Waals surface area (Å²) in [6.45, 7) is 6.72. The number of piperidine rings is 1. The van der Waals surface area contributed by atoms with Gasteiger partial charge in [-0.3, -0.25) is 0 Å². The molecule has 0 amide bonds. The van der Waals surface area contributed by atoms with E-state index in [2.05, 4.69) is 6.92 Å². The van der Waals surface area contributed by atoms with Crippen LogP contribution in [0.3, 0.4) is 0 Å². The van der Waals surface area contributed by atoms with Gasteiger partial charge in [-0.1, -0.05) is 6.92 Å². The van der Waals surface area contributed by atoms with E-state index in [1.165, 1.54) is 21.1 Å². The first-order chi connectivity index (χ1) is 9.77. The van der Waals surface area contributed by atoms with Crippen LogP contribution in [0.4, 0.5) is 0 Å². The third-order valence-corrected chi connectivity index (χ3v) is 6.09. The minimum absolute atomic E-state index is 0.00843. The van der Waals surface area contributed by atoms with E-state index >= 15 is 0 Å². The fourth-order valence-electron chi connectivity index (χ4n) is 2.94. The van der Waals surface area contributed by atoms with Gasteiger partial charge in [0.15, 0.2) is 0 Å². The van der Waals surface area contributed by atoms with Crippen molar-refractivity contribution in [1.29, 1.82) is 0 Å². The lowest BCUT2D eigenvalue weighted by atomic mass is 9.95. The van der Waals surface area contributed by atoms with Crippen molar-refractivity contribution in [3.8, 4) is 0 Å². The van der Waals surface area contributed by atoms with Gasteiger partial charge in [-0.05, 0) is 38.7 Å². The zero-order valence-electron chi connectivity index (χ0n) is 12.6. The molecule has 0 bridgehead atoms. The average molecular weight is 314 g/mol. The lowest BCUT2D eigenvalue weighted by molar-refractivity contribution is 0.0685. The van der Waals surface area contributed by atoms with Crippen LogP contribution >= 0.6 is 0 Å². The molecule has 0 spiro atoms. The van der Waals surface area contributed by atoms with Crippen LogP contribution in [0.1, 0.15) is 44.1 Å². The summed E-state index contributed by atoms with van der Waals surface area (Å²) < 4.78 is 28.4. The number of hydrogen-bond donors (Lipinski definition) is 1. The summed E-state index contributed by atoms with van der Waals surface area (Å²) in [4.78, 5) is 11.2. The van der Waals surface area contributed by atoms with Gasteiger partial charge in [-0.2, -0.15) is 4.31 Å². The summed E-state index contributed by atoms with van der Waals surface area (Å²) in [6.07, 6.45) is 3.09. The predicted octanol–water partition coefficient (Wildman–Crippen LogP) is 2.02. The summed E-state index contributed by atoms with van der Waals surface area (Å²) in [5.74, 6) is -0.597. The van der Waals surface area contributed by atoms with Gasteiger partial charge in [0.2, 0.25) is 10.0 Å². The second-order valence-electron chi connectivity index (χ2n) is 5.75. The number of aromatic carboxylic acids is 1. The first-order valence-corrected chi connectivity index (χ1v) is 8.66. The Hall–Kier alpha value is -1.34. The minimum atomic E-state index is -3.63. The molecule has 2 heterocycles. The lowest BCUT2D eigenvalue weighted by Gasteiger charge is -2.35. The summed E-state index contributed by atoms with van der Waals surface area (Å²) >= 11 is 0. The van der Waals surface area contributed by atoms with Crippen molar-refractivity contribution in [1.82, 2.24) is 8.87 Å². The van der Waals surface area contributed by atoms with Crippen molar-refractivity contribution >= 4 is 16.0 Å². The Morgan fingerprint density at radius 2 is 2.10 bits per heavy atom. The summed E-state index contributed by atoms with van der Waals surface area (Å²) in [7, 11) is -3.63. The molecule has 2 unspecified atom stereocenters. The van der Waals surface area contributed by atoms with Crippen LogP contribution in [0.15, 0.2) is 17.2 Å². The first kappa shape index (κ1) is 16.0. The van der Waals surface area contributed by atoms with Gasteiger partial charge in [-0.15, -0.1) is 0 Å². The maximum Gasteiger partial charge on any atom is 0.352 e. The highest BCUT2D eigenvalue weighted by Crippen LogP contribution is 2.29. The van der Waals surface area contributed by atoms with E-state index in [9.17, 15) is 13.2 Å². The molecule has 0 aromatic carbocycles. The maximum atomic E-state index is 12.7. The highest BCUT2D eigenvalue weighted by atomic mass is 32.2. The normalized spacial score (nSPS) is 24.1. The Kier molecular flexibility index (Phi) is 4.43. The number of sulfonamides is 1. The van der Waals surface area contributed by atoms with E-state index < -0.39 is 16.0 Å². The molecule has 1 aliphatic rings. The zero-order valence-corrected chi connectivity index (χ0v) is 13.4. The first-order valence-electron chi connectivity index (χ1n) is 7.22. The SMILES string of the molecule is CCn1cc(S(=O)(=O)N2CCC(C)CC2C)cc1C(=O)O. The molecular formula is C14H22N2O4S. The van der Waals surface area contributed by atoms with E-state index in [1.54, 1.807) is 6.92 Å². The van der Waals surface area contributed by atoms with Crippen LogP contribution in [0, 0.1) is 5.92 Å². The quantitative estimate of drug-likeness (QED) is 0.922. The number of hydrogen-bond acceptors (Lipinski definition) is 3. The Labute approximate surface area is 125 Å². The monoisotopic (exact) mass is 314 g/mol. The minimum Gasteiger partial charge on any atom is -0.477 e. The van der Waals surface area contributed by atoms with E-state index in [0.29, 0.717) is 19.0 Å². The van der Waals surface area contributed by atoms with E-state index in [1.807, 2.05) is 6.92 Å². The van der Waals surface area contributed by atoms with Crippen molar-refractivity contribution in [2.75, 3.05) is 6.54 Å². The van der Waals surface area contributed by atoms with Gasteiger partial charge in [0.05, 0.1) is 0 Å². The van der Waals surface area contributed by atoms with Crippen LogP contribution < -0.4 is 0 Å². The third kappa shape index (κ3) is 2.98. The van der Waals surface area contributed by atoms with E-state index in [-0.39, 0.29) is 16.6 Å². The van der Waals surface area contributed by atoms with Gasteiger partial charge < -0.3 is 9.67 Å². The molecule has 1 fully saturated rings. The van der Waals surface area contributed by atoms with Crippen molar-refractivity contribution < 1.29 is 18.3 Å². The number of nitrogens with zero attached hydrogens (tertiary/aromatic N) is 2. The molecule has 1 aliphatic heterocycles.